The van der Waals surface area contributed by atoms with Gasteiger partial charge in [0.1, 0.15) is 11.5 Å². The molecule has 2 aromatic carbocycles. The fraction of sp³-hybridized carbons (Fsp3) is 0.321. The summed E-state index contributed by atoms with van der Waals surface area (Å²) in [7, 11) is 5.84. The van der Waals surface area contributed by atoms with Gasteiger partial charge in [0.25, 0.3) is 0 Å². The number of allylic oxidation sites excluding steroid dienone is 2. The maximum absolute atomic E-state index is 7.56. The number of rotatable bonds is 14. The van der Waals surface area contributed by atoms with E-state index in [2.05, 4.69) is 73.8 Å². The highest BCUT2D eigenvalue weighted by Crippen LogP contribution is 2.28. The number of nitrogens with one attached hydrogen (secondary N) is 2. The molecule has 0 amide bonds. The van der Waals surface area contributed by atoms with Gasteiger partial charge in [-0.05, 0) is 74.7 Å². The zero-order chi connectivity index (χ0) is 26.7. The Morgan fingerprint density at radius 1 is 1.08 bits per heavy atom. The average Bonchev–Trinajstić information content (AvgIpc) is 2.89. The summed E-state index contributed by atoms with van der Waals surface area (Å²) in [5.41, 5.74) is 5.36. The van der Waals surface area contributed by atoms with E-state index < -0.39 is 0 Å². The van der Waals surface area contributed by atoms with Gasteiger partial charge in [-0.2, -0.15) is 0 Å². The topological polar surface area (TPSA) is 70.1 Å². The van der Waals surface area contributed by atoms with Crippen LogP contribution in [0.5, 0.6) is 5.75 Å². The lowest BCUT2D eigenvalue weighted by molar-refractivity contribution is 0.263. The van der Waals surface area contributed by atoms with Crippen LogP contribution >= 0.6 is 11.9 Å². The lowest BCUT2D eigenvalue weighted by atomic mass is 10.1. The minimum absolute atomic E-state index is 0.00493. The molecule has 2 aromatic rings. The predicted molar refractivity (Wildman–Crippen MR) is 151 cm³/mol. The van der Waals surface area contributed by atoms with Gasteiger partial charge in [-0.15, -0.1) is 0 Å². The third kappa shape index (κ3) is 8.61. The Hall–Kier alpha value is -3.52. The molecule has 0 aliphatic rings. The van der Waals surface area contributed by atoms with Crippen LogP contribution in [0.1, 0.15) is 25.0 Å². The first-order valence-corrected chi connectivity index (χ1v) is 12.4. The molecular formula is C28H38N4O3S. The summed E-state index contributed by atoms with van der Waals surface area (Å²) < 4.78 is 19.1. The van der Waals surface area contributed by atoms with Crippen molar-refractivity contribution < 1.29 is 14.2 Å². The van der Waals surface area contributed by atoms with Gasteiger partial charge < -0.3 is 28.7 Å². The zero-order valence-electron chi connectivity index (χ0n) is 22.2. The summed E-state index contributed by atoms with van der Waals surface area (Å²) in [6, 6.07) is 13.9. The van der Waals surface area contributed by atoms with Crippen LogP contribution in [0.25, 0.3) is 5.70 Å². The maximum atomic E-state index is 7.56. The largest absolute Gasteiger partial charge is 0.500 e. The van der Waals surface area contributed by atoms with Crippen LogP contribution in [0.15, 0.2) is 78.2 Å². The third-order valence-corrected chi connectivity index (χ3v) is 6.70. The molecule has 0 atom stereocenters. The highest BCUT2D eigenvalue weighted by Gasteiger charge is 2.12. The van der Waals surface area contributed by atoms with E-state index in [0.29, 0.717) is 5.75 Å². The van der Waals surface area contributed by atoms with Gasteiger partial charge in [0.2, 0.25) is 5.90 Å². The Labute approximate surface area is 220 Å². The zero-order valence-corrected chi connectivity index (χ0v) is 23.0. The summed E-state index contributed by atoms with van der Waals surface area (Å²) in [4.78, 5) is 5.47. The molecule has 2 rings (SSSR count). The molecule has 0 heterocycles. The van der Waals surface area contributed by atoms with Crippen molar-refractivity contribution in [1.29, 1.82) is 5.41 Å². The van der Waals surface area contributed by atoms with Gasteiger partial charge in [0.05, 0.1) is 13.4 Å². The molecule has 0 aliphatic heterocycles. The minimum atomic E-state index is 0.00493. The number of ether oxygens (including phenoxy) is 3. The fourth-order valence-electron chi connectivity index (χ4n) is 3.22. The highest BCUT2D eigenvalue weighted by molar-refractivity contribution is 8.00. The summed E-state index contributed by atoms with van der Waals surface area (Å²) in [5, 5.41) is 7.56. The third-order valence-electron chi connectivity index (χ3n) is 5.88. The SMILES string of the molecule is C=COC(=N)COc1ccc(NSc2ccc(C)c(C(=C)N(C)CCN(C)/C(C)=C(/C)OC)c2)cc1. The molecular weight excluding hydrogens is 472 g/mol. The fourth-order valence-corrected chi connectivity index (χ4v) is 3.91. The molecule has 0 fully saturated rings. The van der Waals surface area contributed by atoms with Crippen molar-refractivity contribution in [3.05, 3.63) is 84.5 Å². The van der Waals surface area contributed by atoms with Crippen molar-refractivity contribution in [1.82, 2.24) is 9.80 Å². The van der Waals surface area contributed by atoms with Crippen LogP contribution in [-0.4, -0.2) is 56.6 Å². The number of benzene rings is 2. The van der Waals surface area contributed by atoms with E-state index in [0.717, 1.165) is 46.4 Å². The van der Waals surface area contributed by atoms with Crippen molar-refractivity contribution in [2.75, 3.05) is 45.6 Å². The van der Waals surface area contributed by atoms with E-state index in [9.17, 15) is 0 Å². The highest BCUT2D eigenvalue weighted by atomic mass is 32.2. The maximum Gasteiger partial charge on any atom is 0.224 e. The molecule has 0 spiro atoms. The average molecular weight is 511 g/mol. The van der Waals surface area contributed by atoms with E-state index in [1.807, 2.05) is 31.2 Å². The molecule has 0 aliphatic carbocycles. The normalized spacial score (nSPS) is 11.2. The second-order valence-corrected chi connectivity index (χ2v) is 9.22. The Morgan fingerprint density at radius 3 is 2.39 bits per heavy atom. The van der Waals surface area contributed by atoms with Gasteiger partial charge in [0.15, 0.2) is 6.61 Å². The standard InChI is InChI=1S/C28H38N4O3S/c1-9-34-28(29)19-35-25-13-11-24(12-14-25)30-36-26-15-10-20(2)27(18-26)22(4)32(7)17-16-31(6)21(3)23(5)33-8/h9-15,18,29-30H,1,4,16-17,19H2,2-3,5-8H3/b23-21-,29-28?. The van der Waals surface area contributed by atoms with Gasteiger partial charge in [-0.1, -0.05) is 19.2 Å². The number of anilines is 1. The molecule has 0 saturated carbocycles. The molecule has 0 unspecified atom stereocenters. The van der Waals surface area contributed by atoms with E-state index >= 15 is 0 Å². The molecule has 8 heteroatoms. The Morgan fingerprint density at radius 2 is 1.75 bits per heavy atom. The van der Waals surface area contributed by atoms with Gasteiger partial charge in [-0.25, -0.2) is 0 Å². The number of hydrogen-bond acceptors (Lipinski definition) is 8. The van der Waals surface area contributed by atoms with Gasteiger partial charge in [0, 0.05) is 54.7 Å². The lowest BCUT2D eigenvalue weighted by Gasteiger charge is -2.28. The molecule has 0 aromatic heterocycles. The van der Waals surface area contributed by atoms with Crippen molar-refractivity contribution in [3.63, 3.8) is 0 Å². The van der Waals surface area contributed by atoms with Crippen LogP contribution in [0.4, 0.5) is 5.69 Å². The summed E-state index contributed by atoms with van der Waals surface area (Å²) >= 11 is 1.54. The summed E-state index contributed by atoms with van der Waals surface area (Å²) in [6.45, 7) is 15.7. The van der Waals surface area contributed by atoms with Crippen LogP contribution < -0.4 is 9.46 Å². The van der Waals surface area contributed by atoms with Crippen molar-refractivity contribution >= 4 is 29.2 Å². The summed E-state index contributed by atoms with van der Waals surface area (Å²) in [5.74, 6) is 1.59. The second kappa shape index (κ2) is 14.1. The van der Waals surface area contributed by atoms with Crippen molar-refractivity contribution in [3.8, 4) is 5.75 Å². The predicted octanol–water partition coefficient (Wildman–Crippen LogP) is 6.36. The van der Waals surface area contributed by atoms with Gasteiger partial charge >= 0.3 is 0 Å². The molecule has 36 heavy (non-hydrogen) atoms. The number of nitrogens with zero attached hydrogens (tertiary/aromatic N) is 2. The van der Waals surface area contributed by atoms with E-state index in [1.165, 1.54) is 11.8 Å². The molecule has 0 bridgehead atoms. The first-order valence-electron chi connectivity index (χ1n) is 11.6. The second-order valence-electron chi connectivity index (χ2n) is 8.34. The van der Waals surface area contributed by atoms with E-state index in [-0.39, 0.29) is 12.5 Å². The van der Waals surface area contributed by atoms with Crippen LogP contribution in [-0.2, 0) is 9.47 Å². The molecule has 0 saturated heterocycles. The van der Waals surface area contributed by atoms with E-state index in [1.54, 1.807) is 19.1 Å². The quantitative estimate of drug-likeness (QED) is 0.133. The lowest BCUT2D eigenvalue weighted by Crippen LogP contribution is -2.29. The van der Waals surface area contributed by atoms with Crippen LogP contribution in [0, 0.1) is 12.3 Å². The number of hydrogen-bond donors (Lipinski definition) is 2. The van der Waals surface area contributed by atoms with Gasteiger partial charge in [-0.3, -0.25) is 5.41 Å². The van der Waals surface area contributed by atoms with Crippen molar-refractivity contribution in [2.24, 2.45) is 0 Å². The molecule has 0 radical (unpaired) electrons. The molecule has 7 nitrogen and oxygen atoms in total. The Bertz CT molecular complexity index is 1080. The number of likely N-dealkylation sites (N-methyl/N-ethyl adjacent to an activating group) is 2. The Kier molecular flexibility index (Phi) is 11.3. The number of aryl methyl sites for hydroxylation is 1. The van der Waals surface area contributed by atoms with Crippen LogP contribution in [0.2, 0.25) is 0 Å². The Balaban J connectivity index is 1.95. The summed E-state index contributed by atoms with van der Waals surface area (Å²) in [6.07, 6.45) is 1.21. The van der Waals surface area contributed by atoms with Crippen LogP contribution in [0.3, 0.4) is 0 Å². The number of methoxy groups -OCH3 is 1. The molecule has 2 N–H and O–H groups in total. The van der Waals surface area contributed by atoms with Crippen molar-refractivity contribution in [2.45, 2.75) is 25.7 Å². The van der Waals surface area contributed by atoms with E-state index in [4.69, 9.17) is 19.6 Å². The molecule has 194 valence electrons. The monoisotopic (exact) mass is 510 g/mol. The first-order chi connectivity index (χ1) is 17.2. The first kappa shape index (κ1) is 28.7. The smallest absolute Gasteiger partial charge is 0.224 e. The minimum Gasteiger partial charge on any atom is -0.500 e.